The largest absolute Gasteiger partial charge is 0.369 e. The van der Waals surface area contributed by atoms with Crippen LogP contribution in [0.15, 0.2) is 36.8 Å². The van der Waals surface area contributed by atoms with E-state index < -0.39 is 5.60 Å². The summed E-state index contributed by atoms with van der Waals surface area (Å²) in [4.78, 5) is 20.4. The molecule has 1 amide bonds. The lowest BCUT2D eigenvalue weighted by molar-refractivity contribution is -0.137. The van der Waals surface area contributed by atoms with Crippen LogP contribution in [-0.4, -0.2) is 45.1 Å². The Hall–Kier alpha value is -2.58. The smallest absolute Gasteiger partial charge is 0.267 e. The highest BCUT2D eigenvalue weighted by Gasteiger charge is 2.42. The van der Waals surface area contributed by atoms with Gasteiger partial charge in [0.25, 0.3) is 5.91 Å². The molecular formula is C16H15N3O2. The Morgan fingerprint density at radius 1 is 1.48 bits per heavy atom. The van der Waals surface area contributed by atoms with Gasteiger partial charge in [-0.2, -0.15) is 0 Å². The van der Waals surface area contributed by atoms with Crippen LogP contribution in [0.25, 0.3) is 11.3 Å². The molecule has 0 aliphatic carbocycles. The van der Waals surface area contributed by atoms with Gasteiger partial charge in [-0.3, -0.25) is 4.79 Å². The van der Waals surface area contributed by atoms with Gasteiger partial charge in [0.15, 0.2) is 0 Å². The molecule has 1 saturated heterocycles. The van der Waals surface area contributed by atoms with E-state index in [2.05, 4.69) is 21.8 Å². The number of likely N-dealkylation sites (tertiary alicyclic amines) is 1. The van der Waals surface area contributed by atoms with Gasteiger partial charge in [-0.25, -0.2) is 4.98 Å². The van der Waals surface area contributed by atoms with Crippen molar-refractivity contribution in [3.05, 3.63) is 42.4 Å². The maximum atomic E-state index is 11.9. The van der Waals surface area contributed by atoms with Crippen LogP contribution in [0.3, 0.4) is 0 Å². The van der Waals surface area contributed by atoms with Crippen LogP contribution in [0.1, 0.15) is 12.0 Å². The van der Waals surface area contributed by atoms with Crippen LogP contribution in [0, 0.1) is 11.8 Å². The van der Waals surface area contributed by atoms with Crippen LogP contribution in [-0.2, 0) is 4.79 Å². The zero-order chi connectivity index (χ0) is 14.9. The minimum atomic E-state index is -1.56. The lowest BCUT2D eigenvalue weighted by atomic mass is 10.0. The third kappa shape index (κ3) is 2.54. The molecule has 2 heterocycles. The Labute approximate surface area is 122 Å². The van der Waals surface area contributed by atoms with Crippen LogP contribution in [0.2, 0.25) is 0 Å². The zero-order valence-corrected chi connectivity index (χ0v) is 11.6. The van der Waals surface area contributed by atoms with Crippen molar-refractivity contribution in [1.82, 2.24) is 14.9 Å². The summed E-state index contributed by atoms with van der Waals surface area (Å²) < 4.78 is 0. The zero-order valence-electron chi connectivity index (χ0n) is 11.6. The highest BCUT2D eigenvalue weighted by Crippen LogP contribution is 2.21. The van der Waals surface area contributed by atoms with Crippen molar-refractivity contribution in [2.45, 2.75) is 12.0 Å². The number of benzene rings is 1. The first kappa shape index (κ1) is 13.4. The fourth-order valence-corrected chi connectivity index (χ4v) is 2.32. The number of nitrogens with one attached hydrogen (secondary N) is 1. The molecule has 0 bridgehead atoms. The summed E-state index contributed by atoms with van der Waals surface area (Å²) in [7, 11) is 1.67. The average Bonchev–Trinajstić information content (AvgIpc) is 3.12. The molecule has 1 aliphatic heterocycles. The molecule has 1 aromatic carbocycles. The van der Waals surface area contributed by atoms with Gasteiger partial charge in [-0.1, -0.05) is 24.0 Å². The van der Waals surface area contributed by atoms with E-state index in [-0.39, 0.29) is 5.91 Å². The molecule has 1 atom stereocenters. The van der Waals surface area contributed by atoms with Crippen LogP contribution in [0.5, 0.6) is 0 Å². The molecule has 2 N–H and O–H groups in total. The third-order valence-corrected chi connectivity index (χ3v) is 3.59. The standard InChI is InChI=1S/C16H15N3O2/c1-19-8-7-16(21,15(19)20)6-5-12-3-2-4-13(9-12)14-10-17-11-18-14/h2-4,9-11,21H,7-8H2,1H3,(H,17,18)/t16-/m1/s1. The maximum Gasteiger partial charge on any atom is 0.267 e. The van der Waals surface area contributed by atoms with E-state index in [0.29, 0.717) is 13.0 Å². The molecule has 2 aromatic rings. The number of rotatable bonds is 1. The predicted molar refractivity (Wildman–Crippen MR) is 78.1 cm³/mol. The van der Waals surface area contributed by atoms with Crippen LogP contribution < -0.4 is 0 Å². The number of imidazole rings is 1. The number of nitrogens with zero attached hydrogens (tertiary/aromatic N) is 2. The summed E-state index contributed by atoms with van der Waals surface area (Å²) in [5.41, 5.74) is 1.05. The highest BCUT2D eigenvalue weighted by molar-refractivity contribution is 5.90. The first-order chi connectivity index (χ1) is 10.1. The van der Waals surface area contributed by atoms with E-state index >= 15 is 0 Å². The van der Waals surface area contributed by atoms with Gasteiger partial charge in [-0.15, -0.1) is 0 Å². The Morgan fingerprint density at radius 3 is 3.00 bits per heavy atom. The summed E-state index contributed by atoms with van der Waals surface area (Å²) in [6, 6.07) is 7.57. The number of carbonyl (C=O) groups is 1. The van der Waals surface area contributed by atoms with Gasteiger partial charge < -0.3 is 15.0 Å². The van der Waals surface area contributed by atoms with E-state index in [0.717, 1.165) is 16.8 Å². The topological polar surface area (TPSA) is 69.2 Å². The third-order valence-electron chi connectivity index (χ3n) is 3.59. The predicted octanol–water partition coefficient (Wildman–Crippen LogP) is 1.02. The minimum absolute atomic E-state index is 0.334. The molecule has 106 valence electrons. The molecule has 0 radical (unpaired) electrons. The average molecular weight is 281 g/mol. The van der Waals surface area contributed by atoms with Gasteiger partial charge in [-0.05, 0) is 12.1 Å². The van der Waals surface area contributed by atoms with Gasteiger partial charge >= 0.3 is 0 Å². The van der Waals surface area contributed by atoms with E-state index in [1.807, 2.05) is 24.3 Å². The summed E-state index contributed by atoms with van der Waals surface area (Å²) in [6.07, 6.45) is 3.69. The fraction of sp³-hybridized carbons (Fsp3) is 0.250. The quantitative estimate of drug-likeness (QED) is 0.767. The molecule has 1 aliphatic rings. The number of hydrogen-bond acceptors (Lipinski definition) is 3. The Morgan fingerprint density at radius 2 is 2.33 bits per heavy atom. The minimum Gasteiger partial charge on any atom is -0.369 e. The second-order valence-electron chi connectivity index (χ2n) is 5.13. The summed E-state index contributed by atoms with van der Waals surface area (Å²) in [6.45, 7) is 0.526. The van der Waals surface area contributed by atoms with Crippen molar-refractivity contribution < 1.29 is 9.90 Å². The second kappa shape index (κ2) is 5.08. The summed E-state index contributed by atoms with van der Waals surface area (Å²) in [5, 5.41) is 10.3. The van der Waals surface area contributed by atoms with Crippen LogP contribution in [0.4, 0.5) is 0 Å². The Balaban J connectivity index is 1.88. The number of amides is 1. The summed E-state index contributed by atoms with van der Waals surface area (Å²) in [5.74, 6) is 5.28. The lowest BCUT2D eigenvalue weighted by Crippen LogP contribution is -2.37. The fourth-order valence-electron chi connectivity index (χ4n) is 2.32. The number of aliphatic hydroxyl groups is 1. The van der Waals surface area contributed by atoms with Crippen molar-refractivity contribution in [2.75, 3.05) is 13.6 Å². The molecular weight excluding hydrogens is 266 g/mol. The molecule has 0 spiro atoms. The van der Waals surface area contributed by atoms with E-state index in [1.54, 1.807) is 19.6 Å². The summed E-state index contributed by atoms with van der Waals surface area (Å²) >= 11 is 0. The molecule has 5 heteroatoms. The van der Waals surface area contributed by atoms with Crippen molar-refractivity contribution >= 4 is 5.91 Å². The maximum absolute atomic E-state index is 11.9. The Kier molecular flexibility index (Phi) is 3.24. The van der Waals surface area contributed by atoms with Crippen molar-refractivity contribution in [1.29, 1.82) is 0 Å². The first-order valence-corrected chi connectivity index (χ1v) is 6.68. The number of aromatic amines is 1. The molecule has 1 fully saturated rings. The highest BCUT2D eigenvalue weighted by atomic mass is 16.3. The molecule has 0 unspecified atom stereocenters. The van der Waals surface area contributed by atoms with Gasteiger partial charge in [0.2, 0.25) is 5.60 Å². The van der Waals surface area contributed by atoms with Gasteiger partial charge in [0.05, 0.1) is 18.2 Å². The van der Waals surface area contributed by atoms with Crippen molar-refractivity contribution in [3.63, 3.8) is 0 Å². The van der Waals surface area contributed by atoms with Crippen molar-refractivity contribution in [2.24, 2.45) is 0 Å². The SMILES string of the molecule is CN1CC[C@](O)(C#Cc2cccc(-c3cnc[nH]3)c2)C1=O. The van der Waals surface area contributed by atoms with E-state index in [4.69, 9.17) is 0 Å². The monoisotopic (exact) mass is 281 g/mol. The molecule has 0 saturated carbocycles. The number of H-pyrrole nitrogens is 1. The molecule has 5 nitrogen and oxygen atoms in total. The normalized spacial score (nSPS) is 21.2. The second-order valence-corrected chi connectivity index (χ2v) is 5.13. The van der Waals surface area contributed by atoms with E-state index in [1.165, 1.54) is 4.90 Å². The van der Waals surface area contributed by atoms with E-state index in [9.17, 15) is 9.90 Å². The van der Waals surface area contributed by atoms with Crippen molar-refractivity contribution in [3.8, 4) is 23.1 Å². The first-order valence-electron chi connectivity index (χ1n) is 6.68. The number of aromatic nitrogens is 2. The van der Waals surface area contributed by atoms with Gasteiger partial charge in [0.1, 0.15) is 0 Å². The molecule has 1 aromatic heterocycles. The Bertz CT molecular complexity index is 727. The van der Waals surface area contributed by atoms with Crippen LogP contribution >= 0.6 is 0 Å². The number of likely N-dealkylation sites (N-methyl/N-ethyl adjacent to an activating group) is 1. The number of carbonyl (C=O) groups excluding carboxylic acids is 1. The lowest BCUT2D eigenvalue weighted by Gasteiger charge is -2.13. The number of hydrogen-bond donors (Lipinski definition) is 2. The molecule has 21 heavy (non-hydrogen) atoms. The van der Waals surface area contributed by atoms with Gasteiger partial charge in [0, 0.05) is 31.1 Å². The molecule has 3 rings (SSSR count).